The number of hydrogen-bond donors (Lipinski definition) is 2. The maximum absolute atomic E-state index is 4.71. The summed E-state index contributed by atoms with van der Waals surface area (Å²) in [7, 11) is 0. The molecule has 0 radical (unpaired) electrons. The van der Waals surface area contributed by atoms with E-state index < -0.39 is 0 Å². The third-order valence-corrected chi connectivity index (χ3v) is 2.39. The van der Waals surface area contributed by atoms with Gasteiger partial charge in [0.1, 0.15) is 4.32 Å². The van der Waals surface area contributed by atoms with Crippen LogP contribution >= 0.6 is 24.8 Å². The van der Waals surface area contributed by atoms with Crippen LogP contribution in [0.25, 0.3) is 0 Å². The molecule has 2 N–H and O–H groups in total. The van der Waals surface area contributed by atoms with Crippen LogP contribution in [-0.4, -0.2) is 4.32 Å². The molecule has 0 amide bonds. The van der Waals surface area contributed by atoms with Crippen molar-refractivity contribution in [1.82, 2.24) is 0 Å². The summed E-state index contributed by atoms with van der Waals surface area (Å²) in [5.41, 5.74) is 7.53. The number of aryl methyl sites for hydroxylation is 2. The molecule has 2 aromatic carbocycles. The molecule has 0 bridgehead atoms. The van der Waals surface area contributed by atoms with E-state index in [9.17, 15) is 0 Å². The lowest BCUT2D eigenvalue weighted by Gasteiger charge is -2.01. The Hall–Kier alpha value is -1.32. The second-order valence-electron chi connectivity index (χ2n) is 3.81. The van der Waals surface area contributed by atoms with Crippen molar-refractivity contribution in [3.05, 3.63) is 71.8 Å². The zero-order valence-electron chi connectivity index (χ0n) is 10.1. The summed E-state index contributed by atoms with van der Waals surface area (Å²) in [5, 5.41) is 0. The predicted octanol–water partition coefficient (Wildman–Crippen LogP) is 3.63. The first-order valence-electron chi connectivity index (χ1n) is 5.74. The lowest BCUT2D eigenvalue weighted by Crippen LogP contribution is -1.94. The van der Waals surface area contributed by atoms with Crippen molar-refractivity contribution in [2.24, 2.45) is 5.73 Å². The van der Waals surface area contributed by atoms with E-state index in [0.717, 1.165) is 12.8 Å². The van der Waals surface area contributed by atoms with Crippen LogP contribution in [0, 0.1) is 0 Å². The van der Waals surface area contributed by atoms with E-state index >= 15 is 0 Å². The molecule has 3 heteroatoms. The Labute approximate surface area is 119 Å². The Bertz CT molecular complexity index is 411. The van der Waals surface area contributed by atoms with Gasteiger partial charge in [0, 0.05) is 0 Å². The van der Waals surface area contributed by atoms with Crippen LogP contribution in [-0.2, 0) is 12.8 Å². The van der Waals surface area contributed by atoms with E-state index in [-0.39, 0.29) is 4.32 Å². The van der Waals surface area contributed by atoms with E-state index in [1.165, 1.54) is 11.1 Å². The summed E-state index contributed by atoms with van der Waals surface area (Å²) < 4.78 is 0.194. The van der Waals surface area contributed by atoms with Crippen LogP contribution in [0.2, 0.25) is 0 Å². The highest BCUT2D eigenvalue weighted by molar-refractivity contribution is 8.10. The molecular formula is C15H17NS2. The van der Waals surface area contributed by atoms with Gasteiger partial charge in [0.05, 0.1) is 0 Å². The van der Waals surface area contributed by atoms with Crippen molar-refractivity contribution in [1.29, 1.82) is 0 Å². The average Bonchev–Trinajstić information content (AvgIpc) is 2.38. The first-order valence-corrected chi connectivity index (χ1v) is 6.60. The molecule has 0 unspecified atom stereocenters. The van der Waals surface area contributed by atoms with Gasteiger partial charge in [-0.15, -0.1) is 12.6 Å². The minimum atomic E-state index is 0.194. The molecule has 0 aromatic heterocycles. The molecule has 0 heterocycles. The van der Waals surface area contributed by atoms with Crippen molar-refractivity contribution in [2.45, 2.75) is 12.8 Å². The lowest BCUT2D eigenvalue weighted by atomic mass is 10.0. The predicted molar refractivity (Wildman–Crippen MR) is 86.1 cm³/mol. The van der Waals surface area contributed by atoms with Gasteiger partial charge in [-0.2, -0.15) is 0 Å². The Balaban J connectivity index is 0.000000357. The molecule has 94 valence electrons. The topological polar surface area (TPSA) is 26.0 Å². The second-order valence-corrected chi connectivity index (χ2v) is 5.03. The highest BCUT2D eigenvalue weighted by atomic mass is 32.1. The first kappa shape index (κ1) is 14.7. The van der Waals surface area contributed by atoms with Gasteiger partial charge in [0.2, 0.25) is 0 Å². The highest BCUT2D eigenvalue weighted by Gasteiger charge is 1.93. The summed E-state index contributed by atoms with van der Waals surface area (Å²) in [6, 6.07) is 21.2. The number of rotatable bonds is 3. The van der Waals surface area contributed by atoms with Crippen molar-refractivity contribution in [3.63, 3.8) is 0 Å². The summed E-state index contributed by atoms with van der Waals surface area (Å²) >= 11 is 7.65. The van der Waals surface area contributed by atoms with Crippen LogP contribution in [0.15, 0.2) is 60.7 Å². The van der Waals surface area contributed by atoms with Crippen molar-refractivity contribution in [2.75, 3.05) is 0 Å². The molecule has 2 aromatic rings. The summed E-state index contributed by atoms with van der Waals surface area (Å²) in [6.07, 6.45) is 2.26. The number of thiol groups is 1. The zero-order valence-corrected chi connectivity index (χ0v) is 11.8. The third-order valence-electron chi connectivity index (χ3n) is 2.39. The fourth-order valence-corrected chi connectivity index (χ4v) is 1.58. The lowest BCUT2D eigenvalue weighted by molar-refractivity contribution is 0.960. The van der Waals surface area contributed by atoms with Crippen molar-refractivity contribution < 1.29 is 0 Å². The number of thiocarbonyl (C=S) groups is 1. The number of nitrogens with two attached hydrogens (primary N) is 1. The summed E-state index contributed by atoms with van der Waals surface area (Å²) in [5.74, 6) is 0. The molecule has 0 saturated carbocycles. The molecule has 18 heavy (non-hydrogen) atoms. The van der Waals surface area contributed by atoms with Crippen LogP contribution in [0.1, 0.15) is 11.1 Å². The van der Waals surface area contributed by atoms with Gasteiger partial charge in [0.15, 0.2) is 0 Å². The van der Waals surface area contributed by atoms with Gasteiger partial charge in [-0.25, -0.2) is 0 Å². The molecule has 0 aliphatic heterocycles. The van der Waals surface area contributed by atoms with Crippen LogP contribution < -0.4 is 5.73 Å². The third kappa shape index (κ3) is 7.09. The normalized spacial score (nSPS) is 9.17. The second kappa shape index (κ2) is 8.72. The summed E-state index contributed by atoms with van der Waals surface area (Å²) in [4.78, 5) is 0. The highest BCUT2D eigenvalue weighted by Crippen LogP contribution is 2.06. The smallest absolute Gasteiger partial charge is 0.128 e. The van der Waals surface area contributed by atoms with Crippen LogP contribution in [0.5, 0.6) is 0 Å². The quantitative estimate of drug-likeness (QED) is 0.661. The first-order chi connectivity index (χ1) is 8.68. The largest absolute Gasteiger partial charge is 0.385 e. The zero-order chi connectivity index (χ0) is 13.2. The molecule has 0 fully saturated rings. The molecule has 1 nitrogen and oxygen atoms in total. The van der Waals surface area contributed by atoms with Crippen molar-refractivity contribution >= 4 is 29.2 Å². The van der Waals surface area contributed by atoms with Gasteiger partial charge in [-0.3, -0.25) is 0 Å². The van der Waals surface area contributed by atoms with Gasteiger partial charge in [-0.05, 0) is 24.0 Å². The fourth-order valence-electron chi connectivity index (χ4n) is 1.58. The van der Waals surface area contributed by atoms with E-state index in [4.69, 9.17) is 5.73 Å². The minimum absolute atomic E-state index is 0.194. The van der Waals surface area contributed by atoms with E-state index in [2.05, 4.69) is 85.5 Å². The average molecular weight is 275 g/mol. The van der Waals surface area contributed by atoms with Gasteiger partial charge in [-0.1, -0.05) is 72.9 Å². The van der Waals surface area contributed by atoms with Crippen LogP contribution in [0.3, 0.4) is 0 Å². The SMILES string of the molecule is NC(=S)S.c1ccc(CCc2ccccc2)cc1. The Morgan fingerprint density at radius 1 is 0.833 bits per heavy atom. The fraction of sp³-hybridized carbons (Fsp3) is 0.133. The molecule has 0 aliphatic rings. The van der Waals surface area contributed by atoms with E-state index in [1.807, 2.05) is 0 Å². The maximum atomic E-state index is 4.71. The van der Waals surface area contributed by atoms with Gasteiger partial charge < -0.3 is 5.73 Å². The monoisotopic (exact) mass is 275 g/mol. The molecule has 2 rings (SSSR count). The number of benzene rings is 2. The molecule has 0 saturated heterocycles. The van der Waals surface area contributed by atoms with Gasteiger partial charge in [0.25, 0.3) is 0 Å². The van der Waals surface area contributed by atoms with Gasteiger partial charge >= 0.3 is 0 Å². The number of hydrogen-bond acceptors (Lipinski definition) is 1. The minimum Gasteiger partial charge on any atom is -0.385 e. The molecule has 0 aliphatic carbocycles. The molecular weight excluding hydrogens is 258 g/mol. The Morgan fingerprint density at radius 2 is 1.11 bits per heavy atom. The van der Waals surface area contributed by atoms with Crippen LogP contribution in [0.4, 0.5) is 0 Å². The molecule has 0 atom stereocenters. The Morgan fingerprint density at radius 3 is 1.39 bits per heavy atom. The maximum Gasteiger partial charge on any atom is 0.128 e. The standard InChI is InChI=1S/C14H14.CH3NS2/c1-3-7-13(8-4-1)11-12-14-9-5-2-6-10-14;2-1(3)4/h1-10H,11-12H2;(H3,2,3,4). The van der Waals surface area contributed by atoms with E-state index in [1.54, 1.807) is 0 Å². The van der Waals surface area contributed by atoms with E-state index in [0.29, 0.717) is 0 Å². The van der Waals surface area contributed by atoms with Crippen molar-refractivity contribution in [3.8, 4) is 0 Å². The molecule has 0 spiro atoms. The summed E-state index contributed by atoms with van der Waals surface area (Å²) in [6.45, 7) is 0. The Kier molecular flexibility index (Phi) is 7.14.